The Balaban J connectivity index is 3.17. The first kappa shape index (κ1) is 9.31. The van der Waals surface area contributed by atoms with Crippen LogP contribution in [0.2, 0.25) is 0 Å². The molecule has 1 aromatic carbocycles. The van der Waals surface area contributed by atoms with Gasteiger partial charge in [-0.15, -0.1) is 0 Å². The number of hydrogen-bond donors (Lipinski definition) is 1. The third kappa shape index (κ3) is 1.88. The van der Waals surface area contributed by atoms with E-state index in [2.05, 4.69) is 0 Å². The maximum absolute atomic E-state index is 10.9. The summed E-state index contributed by atoms with van der Waals surface area (Å²) in [7, 11) is 1.51. The van der Waals surface area contributed by atoms with Crippen molar-refractivity contribution in [3.05, 3.63) is 23.8 Å². The van der Waals surface area contributed by atoms with Crippen LogP contribution < -0.4 is 4.74 Å². The molecule has 12 heavy (non-hydrogen) atoms. The van der Waals surface area contributed by atoms with Crippen LogP contribution in [0.1, 0.15) is 10.4 Å². The van der Waals surface area contributed by atoms with Crippen LogP contribution in [0.25, 0.3) is 0 Å². The van der Waals surface area contributed by atoms with E-state index >= 15 is 0 Å². The minimum atomic E-state index is -0.205. The number of ether oxygens (including phenoxy) is 1. The Morgan fingerprint density at radius 1 is 1.58 bits per heavy atom. The molecule has 1 aromatic rings. The number of methoxy groups -OCH3 is 1. The second kappa shape index (κ2) is 3.75. The van der Waals surface area contributed by atoms with Gasteiger partial charge in [-0.25, -0.2) is 0 Å². The van der Waals surface area contributed by atoms with Crippen molar-refractivity contribution in [2.24, 2.45) is 0 Å². The second-order valence-corrected chi connectivity index (χ2v) is 3.14. The minimum absolute atomic E-state index is 0.0183. The molecule has 0 unspecified atom stereocenters. The zero-order valence-corrected chi connectivity index (χ0v) is 8.53. The van der Waals surface area contributed by atoms with Gasteiger partial charge in [-0.3, -0.25) is 4.79 Å². The molecule has 0 atom stereocenters. The highest BCUT2D eigenvalue weighted by atomic mass is 127. The van der Waals surface area contributed by atoms with Crippen molar-refractivity contribution in [2.45, 2.75) is 0 Å². The second-order valence-electron chi connectivity index (χ2n) is 2.16. The van der Waals surface area contributed by atoms with Crippen molar-refractivity contribution in [1.29, 1.82) is 0 Å². The number of rotatable bonds is 2. The van der Waals surface area contributed by atoms with E-state index in [4.69, 9.17) is 4.74 Å². The lowest BCUT2D eigenvalue weighted by atomic mass is 10.2. The molecule has 3 nitrogen and oxygen atoms in total. The molecule has 0 aromatic heterocycles. The molecule has 0 spiro atoms. The van der Waals surface area contributed by atoms with Crippen LogP contribution >= 0.6 is 22.6 Å². The van der Waals surface area contributed by atoms with E-state index in [1.54, 1.807) is 28.7 Å². The number of carbonyl (C=O) groups is 1. The van der Waals surface area contributed by atoms with E-state index in [0.717, 1.165) is 0 Å². The maximum Gasteiger partial charge on any atom is 0.226 e. The molecule has 0 heterocycles. The highest BCUT2D eigenvalue weighted by molar-refractivity contribution is 14.1. The lowest BCUT2D eigenvalue weighted by Gasteiger charge is -2.02. The third-order valence-corrected chi connectivity index (χ3v) is 2.00. The van der Waals surface area contributed by atoms with Crippen LogP contribution in [-0.4, -0.2) is 16.0 Å². The maximum atomic E-state index is 10.9. The third-order valence-electron chi connectivity index (χ3n) is 1.42. The molecule has 0 aliphatic heterocycles. The molecule has 0 amide bonds. The fraction of sp³-hybridized carbons (Fsp3) is 0.125. The van der Waals surface area contributed by atoms with Crippen molar-refractivity contribution in [3.63, 3.8) is 0 Å². The molecule has 0 fully saturated rings. The van der Waals surface area contributed by atoms with Gasteiger partial charge in [0, 0.05) is 22.6 Å². The van der Waals surface area contributed by atoms with E-state index in [0.29, 0.717) is 5.75 Å². The number of benzene rings is 1. The summed E-state index contributed by atoms with van der Waals surface area (Å²) in [5.41, 5.74) is 0.273. The minimum Gasteiger partial charge on any atom is -0.507 e. The van der Waals surface area contributed by atoms with E-state index in [9.17, 15) is 9.90 Å². The van der Waals surface area contributed by atoms with E-state index in [1.807, 2.05) is 0 Å². The molecule has 64 valence electrons. The van der Waals surface area contributed by atoms with Crippen LogP contribution in [0.3, 0.4) is 0 Å². The van der Waals surface area contributed by atoms with Gasteiger partial charge in [0.1, 0.15) is 11.5 Å². The van der Waals surface area contributed by atoms with E-state index in [1.165, 1.54) is 19.2 Å². The summed E-state index contributed by atoms with van der Waals surface area (Å²) >= 11 is 1.61. The standard InChI is InChI=1S/C8H7IO3/c1-12-5-2-3-7(10)6(4-5)8(9)11/h2-4,10H,1H3. The highest BCUT2D eigenvalue weighted by Gasteiger charge is 2.08. The number of carbonyl (C=O) groups excluding carboxylic acids is 1. The molecule has 1 N–H and O–H groups in total. The lowest BCUT2D eigenvalue weighted by Crippen LogP contribution is -1.90. The topological polar surface area (TPSA) is 46.5 Å². The molecular weight excluding hydrogens is 271 g/mol. The molecule has 0 radical (unpaired) electrons. The summed E-state index contributed by atoms with van der Waals surface area (Å²) < 4.78 is 4.69. The van der Waals surface area contributed by atoms with Gasteiger partial charge in [0.25, 0.3) is 0 Å². The first-order valence-corrected chi connectivity index (χ1v) is 4.30. The molecular formula is C8H7IO3. The summed E-state index contributed by atoms with van der Waals surface area (Å²) in [4.78, 5) is 10.9. The smallest absolute Gasteiger partial charge is 0.226 e. The first-order valence-electron chi connectivity index (χ1n) is 3.22. The van der Waals surface area contributed by atoms with Gasteiger partial charge in [-0.05, 0) is 18.2 Å². The number of hydrogen-bond acceptors (Lipinski definition) is 3. The molecule has 0 aliphatic carbocycles. The predicted molar refractivity (Wildman–Crippen MR) is 53.0 cm³/mol. The van der Waals surface area contributed by atoms with E-state index in [-0.39, 0.29) is 15.1 Å². The summed E-state index contributed by atoms with van der Waals surface area (Å²) in [5, 5.41) is 9.22. The van der Waals surface area contributed by atoms with E-state index < -0.39 is 0 Å². The molecule has 4 heteroatoms. The quantitative estimate of drug-likeness (QED) is 0.664. The zero-order chi connectivity index (χ0) is 9.14. The van der Waals surface area contributed by atoms with Crippen LogP contribution in [0.5, 0.6) is 11.5 Å². The average Bonchev–Trinajstić information content (AvgIpc) is 2.05. The lowest BCUT2D eigenvalue weighted by molar-refractivity contribution is 0.110. The molecule has 0 saturated heterocycles. The molecule has 1 rings (SSSR count). The van der Waals surface area contributed by atoms with Crippen LogP contribution in [0, 0.1) is 0 Å². The van der Waals surface area contributed by atoms with Crippen molar-refractivity contribution in [3.8, 4) is 11.5 Å². The number of phenols is 1. The SMILES string of the molecule is COc1ccc(O)c(C(=O)I)c1. The number of halogens is 1. The number of phenolic OH excluding ortho intramolecular Hbond substituents is 1. The molecule has 0 bridgehead atoms. The van der Waals surface area contributed by atoms with Crippen molar-refractivity contribution in [2.75, 3.05) is 7.11 Å². The average molecular weight is 278 g/mol. The van der Waals surface area contributed by atoms with Gasteiger partial charge in [-0.2, -0.15) is 0 Å². The van der Waals surface area contributed by atoms with Crippen molar-refractivity contribution < 1.29 is 14.6 Å². The Morgan fingerprint density at radius 3 is 2.75 bits per heavy atom. The Morgan fingerprint density at radius 2 is 2.25 bits per heavy atom. The fourth-order valence-corrected chi connectivity index (χ4v) is 1.23. The molecule has 0 aliphatic rings. The Labute approximate surface area is 83.5 Å². The normalized spacial score (nSPS) is 9.50. The summed E-state index contributed by atoms with van der Waals surface area (Å²) in [5.74, 6) is 0.544. The Bertz CT molecular complexity index is 309. The van der Waals surface area contributed by atoms with Gasteiger partial charge in [0.2, 0.25) is 3.79 Å². The van der Waals surface area contributed by atoms with Crippen LogP contribution in [0.4, 0.5) is 0 Å². The van der Waals surface area contributed by atoms with Gasteiger partial charge in [0.05, 0.1) is 12.7 Å². The van der Waals surface area contributed by atoms with Crippen LogP contribution in [0.15, 0.2) is 18.2 Å². The van der Waals surface area contributed by atoms with Gasteiger partial charge in [-0.1, -0.05) is 0 Å². The monoisotopic (exact) mass is 278 g/mol. The van der Waals surface area contributed by atoms with Gasteiger partial charge in [0.15, 0.2) is 0 Å². The van der Waals surface area contributed by atoms with Crippen LogP contribution in [-0.2, 0) is 0 Å². The van der Waals surface area contributed by atoms with Crippen molar-refractivity contribution in [1.82, 2.24) is 0 Å². The fourth-order valence-electron chi connectivity index (χ4n) is 0.800. The highest BCUT2D eigenvalue weighted by Crippen LogP contribution is 2.24. The molecule has 0 saturated carbocycles. The summed E-state index contributed by atoms with van der Waals surface area (Å²) in [6.45, 7) is 0. The number of aromatic hydroxyl groups is 1. The zero-order valence-electron chi connectivity index (χ0n) is 6.37. The van der Waals surface area contributed by atoms with Gasteiger partial charge < -0.3 is 9.84 Å². The largest absolute Gasteiger partial charge is 0.507 e. The summed E-state index contributed by atoms with van der Waals surface area (Å²) in [6, 6.07) is 4.53. The Kier molecular flexibility index (Phi) is 2.91. The van der Waals surface area contributed by atoms with Gasteiger partial charge >= 0.3 is 0 Å². The Hall–Kier alpha value is -0.780. The summed E-state index contributed by atoms with van der Waals surface area (Å²) in [6.07, 6.45) is 0. The first-order chi connectivity index (χ1) is 5.65. The predicted octanol–water partition coefficient (Wildman–Crippen LogP) is 1.98. The van der Waals surface area contributed by atoms with Crippen molar-refractivity contribution >= 4 is 26.4 Å².